The van der Waals surface area contributed by atoms with Crippen molar-refractivity contribution in [3.8, 4) is 0 Å². The van der Waals surface area contributed by atoms with Gasteiger partial charge in [0.05, 0.1) is 18.4 Å². The highest BCUT2D eigenvalue weighted by molar-refractivity contribution is 6.36. The quantitative estimate of drug-likeness (QED) is 0.735. The second kappa shape index (κ2) is 6.71. The average molecular weight is 392 g/mol. The van der Waals surface area contributed by atoms with Crippen LogP contribution in [0.3, 0.4) is 0 Å². The van der Waals surface area contributed by atoms with Crippen LogP contribution in [0.5, 0.6) is 0 Å². The Hall–Kier alpha value is -1.85. The summed E-state index contributed by atoms with van der Waals surface area (Å²) in [6, 6.07) is 7.12. The van der Waals surface area contributed by atoms with E-state index in [1.807, 2.05) is 6.92 Å². The summed E-state index contributed by atoms with van der Waals surface area (Å²) in [5, 5.41) is 5.64. The highest BCUT2D eigenvalue weighted by atomic mass is 35.5. The fraction of sp³-hybridized carbons (Fsp3) is 0.421. The van der Waals surface area contributed by atoms with Crippen LogP contribution in [0.15, 0.2) is 24.3 Å². The Morgan fingerprint density at radius 1 is 1.08 bits per heavy atom. The van der Waals surface area contributed by atoms with E-state index in [2.05, 4.69) is 5.10 Å². The molecule has 136 valence electrons. The topological polar surface area (TPSA) is 55.2 Å². The zero-order chi connectivity index (χ0) is 18.4. The van der Waals surface area contributed by atoms with Gasteiger partial charge in [0, 0.05) is 27.4 Å². The third-order valence-electron chi connectivity index (χ3n) is 5.41. The Balaban J connectivity index is 1.65. The molecule has 0 bridgehead atoms. The van der Waals surface area contributed by atoms with Gasteiger partial charge in [-0.2, -0.15) is 5.10 Å². The number of carbonyl (C=O) groups excluding carboxylic acids is 2. The van der Waals surface area contributed by atoms with E-state index in [9.17, 15) is 9.59 Å². The monoisotopic (exact) mass is 391 g/mol. The highest BCUT2D eigenvalue weighted by Crippen LogP contribution is 2.40. The van der Waals surface area contributed by atoms with Crippen molar-refractivity contribution in [2.45, 2.75) is 39.2 Å². The Kier molecular flexibility index (Phi) is 4.53. The summed E-state index contributed by atoms with van der Waals surface area (Å²) in [5.41, 5.74) is 1.60. The zero-order valence-corrected chi connectivity index (χ0v) is 15.9. The molecule has 2 aromatic rings. The molecule has 2 heterocycles. The first-order valence-electron chi connectivity index (χ1n) is 8.82. The summed E-state index contributed by atoms with van der Waals surface area (Å²) in [7, 11) is 0. The van der Waals surface area contributed by atoms with E-state index in [1.54, 1.807) is 28.9 Å². The maximum Gasteiger partial charge on any atom is 0.238 e. The molecule has 1 aliphatic heterocycles. The molecule has 0 spiro atoms. The second-order valence-electron chi connectivity index (χ2n) is 7.01. The minimum Gasteiger partial charge on any atom is -0.274 e. The van der Waals surface area contributed by atoms with Crippen molar-refractivity contribution in [3.63, 3.8) is 0 Å². The molecule has 1 saturated heterocycles. The molecule has 1 aromatic heterocycles. The van der Waals surface area contributed by atoms with Crippen molar-refractivity contribution in [2.24, 2.45) is 11.8 Å². The zero-order valence-electron chi connectivity index (χ0n) is 14.4. The predicted molar refractivity (Wildman–Crippen MR) is 100 cm³/mol. The number of amides is 2. The number of hydrogen-bond donors (Lipinski definition) is 0. The van der Waals surface area contributed by atoms with E-state index >= 15 is 0 Å². The summed E-state index contributed by atoms with van der Waals surface area (Å²) in [6.45, 7) is 2.27. The number of aryl methyl sites for hydroxylation is 1. The Bertz CT molecular complexity index is 849. The highest BCUT2D eigenvalue weighted by Gasteiger charge is 2.49. The lowest BCUT2D eigenvalue weighted by atomic mass is 9.81. The number of benzene rings is 1. The number of carbonyl (C=O) groups is 2. The largest absolute Gasteiger partial charge is 0.274 e. The van der Waals surface area contributed by atoms with Crippen LogP contribution >= 0.6 is 23.2 Å². The molecule has 1 aliphatic carbocycles. The van der Waals surface area contributed by atoms with Crippen molar-refractivity contribution >= 4 is 40.8 Å². The molecule has 2 fully saturated rings. The third kappa shape index (κ3) is 2.83. The van der Waals surface area contributed by atoms with E-state index in [0.29, 0.717) is 22.4 Å². The van der Waals surface area contributed by atoms with Crippen molar-refractivity contribution in [1.82, 2.24) is 9.78 Å². The summed E-state index contributed by atoms with van der Waals surface area (Å²) >= 11 is 12.5. The molecule has 5 nitrogen and oxygen atoms in total. The van der Waals surface area contributed by atoms with Gasteiger partial charge >= 0.3 is 0 Å². The molecule has 7 heteroatoms. The maximum atomic E-state index is 12.8. The van der Waals surface area contributed by atoms with Gasteiger partial charge in [0.2, 0.25) is 11.8 Å². The van der Waals surface area contributed by atoms with Crippen LogP contribution in [0, 0.1) is 18.8 Å². The molecular weight excluding hydrogens is 373 g/mol. The van der Waals surface area contributed by atoms with Crippen molar-refractivity contribution in [3.05, 3.63) is 45.6 Å². The van der Waals surface area contributed by atoms with Crippen molar-refractivity contribution < 1.29 is 9.59 Å². The number of halogens is 2. The first-order chi connectivity index (χ1) is 12.5. The number of hydrogen-bond acceptors (Lipinski definition) is 3. The summed E-state index contributed by atoms with van der Waals surface area (Å²) in [6.07, 6.45) is 3.60. The fourth-order valence-electron chi connectivity index (χ4n) is 3.98. The summed E-state index contributed by atoms with van der Waals surface area (Å²) < 4.78 is 1.73. The molecule has 4 rings (SSSR count). The number of fused-ring (bicyclic) bond motifs is 1. The number of aromatic nitrogens is 2. The molecule has 2 aliphatic rings. The van der Waals surface area contributed by atoms with Crippen LogP contribution in [-0.4, -0.2) is 21.6 Å². The van der Waals surface area contributed by atoms with Gasteiger partial charge < -0.3 is 0 Å². The number of nitrogens with zero attached hydrogens (tertiary/aromatic N) is 3. The predicted octanol–water partition coefficient (Wildman–Crippen LogP) is 4.23. The fourth-order valence-corrected chi connectivity index (χ4v) is 4.50. The van der Waals surface area contributed by atoms with Gasteiger partial charge in [-0.25, -0.2) is 4.90 Å². The Labute approximate surface area is 161 Å². The van der Waals surface area contributed by atoms with E-state index in [4.69, 9.17) is 23.2 Å². The smallest absolute Gasteiger partial charge is 0.238 e. The minimum atomic E-state index is -0.181. The molecule has 0 N–H and O–H groups in total. The molecule has 1 aromatic carbocycles. The first kappa shape index (κ1) is 17.6. The molecule has 0 radical (unpaired) electrons. The summed E-state index contributed by atoms with van der Waals surface area (Å²) in [5.74, 6) is -0.185. The van der Waals surface area contributed by atoms with Crippen LogP contribution in [0.4, 0.5) is 5.82 Å². The molecule has 2 unspecified atom stereocenters. The van der Waals surface area contributed by atoms with Gasteiger partial charge in [-0.05, 0) is 31.9 Å². The van der Waals surface area contributed by atoms with E-state index < -0.39 is 0 Å². The van der Waals surface area contributed by atoms with Crippen LogP contribution in [0.2, 0.25) is 10.0 Å². The normalized spacial score (nSPS) is 22.8. The van der Waals surface area contributed by atoms with Gasteiger partial charge in [-0.3, -0.25) is 14.3 Å². The van der Waals surface area contributed by atoms with Crippen LogP contribution in [0.25, 0.3) is 0 Å². The number of imide groups is 1. The van der Waals surface area contributed by atoms with E-state index in [1.165, 1.54) is 4.90 Å². The number of anilines is 1. The molecule has 2 amide bonds. The lowest BCUT2D eigenvalue weighted by molar-refractivity contribution is -0.122. The van der Waals surface area contributed by atoms with Gasteiger partial charge in [-0.1, -0.05) is 42.1 Å². The van der Waals surface area contributed by atoms with Crippen LogP contribution < -0.4 is 4.90 Å². The minimum absolute atomic E-state index is 0.111. The lowest BCUT2D eigenvalue weighted by Crippen LogP contribution is -2.31. The SMILES string of the molecule is Cc1cc(N2C(=O)C3CCCCC3C2=O)nn1Cc1c(Cl)cccc1Cl. The van der Waals surface area contributed by atoms with Crippen molar-refractivity contribution in [1.29, 1.82) is 0 Å². The molecule has 26 heavy (non-hydrogen) atoms. The van der Waals surface area contributed by atoms with Crippen molar-refractivity contribution in [2.75, 3.05) is 4.90 Å². The number of rotatable bonds is 3. The lowest BCUT2D eigenvalue weighted by Gasteiger charge is -2.19. The van der Waals surface area contributed by atoms with Gasteiger partial charge in [0.1, 0.15) is 0 Å². The van der Waals surface area contributed by atoms with E-state index in [0.717, 1.165) is 36.9 Å². The van der Waals surface area contributed by atoms with Crippen LogP contribution in [0.1, 0.15) is 36.9 Å². The standard InChI is InChI=1S/C19H19Cl2N3O2/c1-11-9-17(22-23(11)10-14-15(20)7-4-8-16(14)21)24-18(25)12-5-2-3-6-13(12)19(24)26/h4,7-9,12-13H,2-3,5-6,10H2,1H3. The van der Waals surface area contributed by atoms with Gasteiger partial charge in [0.25, 0.3) is 0 Å². The average Bonchev–Trinajstić information content (AvgIpc) is 3.09. The molecule has 1 saturated carbocycles. The Morgan fingerprint density at radius 2 is 1.65 bits per heavy atom. The molecular formula is C19H19Cl2N3O2. The third-order valence-corrected chi connectivity index (χ3v) is 6.12. The Morgan fingerprint density at radius 3 is 2.23 bits per heavy atom. The van der Waals surface area contributed by atoms with Gasteiger partial charge in [0.15, 0.2) is 5.82 Å². The van der Waals surface area contributed by atoms with Gasteiger partial charge in [-0.15, -0.1) is 0 Å². The van der Waals surface area contributed by atoms with Crippen LogP contribution in [-0.2, 0) is 16.1 Å². The van der Waals surface area contributed by atoms with E-state index in [-0.39, 0.29) is 23.7 Å². The maximum absolute atomic E-state index is 12.8. The molecule has 2 atom stereocenters. The second-order valence-corrected chi connectivity index (χ2v) is 7.83. The first-order valence-corrected chi connectivity index (χ1v) is 9.58. The summed E-state index contributed by atoms with van der Waals surface area (Å²) in [4.78, 5) is 26.8.